The van der Waals surface area contributed by atoms with Crippen LogP contribution in [0.5, 0.6) is 0 Å². The van der Waals surface area contributed by atoms with Crippen molar-refractivity contribution in [2.75, 3.05) is 6.61 Å². The highest BCUT2D eigenvalue weighted by atomic mass is 35.5. The van der Waals surface area contributed by atoms with E-state index in [0.29, 0.717) is 0 Å². The quantitative estimate of drug-likeness (QED) is 0.769. The highest BCUT2D eigenvalue weighted by molar-refractivity contribution is 5.85. The van der Waals surface area contributed by atoms with Crippen molar-refractivity contribution in [2.45, 2.75) is 57.4 Å². The van der Waals surface area contributed by atoms with Gasteiger partial charge in [0.1, 0.15) is 0 Å². The zero-order valence-electron chi connectivity index (χ0n) is 8.95. The number of nitrogens with two attached hydrogens (primary N) is 1. The third-order valence-electron chi connectivity index (χ3n) is 3.10. The number of halogens is 1. The lowest BCUT2D eigenvalue weighted by molar-refractivity contribution is 0.232. The molecule has 0 amide bonds. The van der Waals surface area contributed by atoms with E-state index in [1.807, 2.05) is 0 Å². The van der Waals surface area contributed by atoms with Gasteiger partial charge in [-0.15, -0.1) is 12.4 Å². The summed E-state index contributed by atoms with van der Waals surface area (Å²) in [5.74, 6) is 0.780. The van der Waals surface area contributed by atoms with Gasteiger partial charge in [0, 0.05) is 6.04 Å². The van der Waals surface area contributed by atoms with E-state index in [-0.39, 0.29) is 25.1 Å². The van der Waals surface area contributed by atoms with Crippen LogP contribution in [-0.4, -0.2) is 17.8 Å². The van der Waals surface area contributed by atoms with E-state index < -0.39 is 0 Å². The van der Waals surface area contributed by atoms with Crippen LogP contribution in [0.1, 0.15) is 51.4 Å². The Labute approximate surface area is 93.7 Å². The zero-order valence-corrected chi connectivity index (χ0v) is 9.77. The maximum atomic E-state index is 8.87. The summed E-state index contributed by atoms with van der Waals surface area (Å²) >= 11 is 0. The van der Waals surface area contributed by atoms with Crippen LogP contribution in [-0.2, 0) is 0 Å². The standard InChI is InChI=1S/C11H23NO.ClH/c12-11(9-13)8-10-6-4-2-1-3-5-7-10;/h10-11,13H,1-9,12H2;1H. The van der Waals surface area contributed by atoms with Gasteiger partial charge in [0.2, 0.25) is 0 Å². The lowest BCUT2D eigenvalue weighted by Crippen LogP contribution is -2.27. The van der Waals surface area contributed by atoms with Crippen LogP contribution in [0.25, 0.3) is 0 Å². The molecule has 14 heavy (non-hydrogen) atoms. The number of hydrogen-bond acceptors (Lipinski definition) is 2. The molecular formula is C11H24ClNO. The van der Waals surface area contributed by atoms with Crippen molar-refractivity contribution in [3.8, 4) is 0 Å². The second kappa shape index (κ2) is 8.51. The molecule has 2 nitrogen and oxygen atoms in total. The fraction of sp³-hybridized carbons (Fsp3) is 1.00. The van der Waals surface area contributed by atoms with Gasteiger partial charge in [0.15, 0.2) is 0 Å². The van der Waals surface area contributed by atoms with Crippen LogP contribution in [0.15, 0.2) is 0 Å². The molecule has 1 fully saturated rings. The van der Waals surface area contributed by atoms with Crippen molar-refractivity contribution in [1.29, 1.82) is 0 Å². The molecule has 0 aliphatic heterocycles. The van der Waals surface area contributed by atoms with Gasteiger partial charge >= 0.3 is 0 Å². The second-order valence-corrected chi connectivity index (χ2v) is 4.39. The monoisotopic (exact) mass is 221 g/mol. The molecule has 0 aromatic rings. The van der Waals surface area contributed by atoms with Gasteiger partial charge in [-0.25, -0.2) is 0 Å². The molecule has 1 aliphatic rings. The molecule has 3 N–H and O–H groups in total. The van der Waals surface area contributed by atoms with Gasteiger partial charge in [0.25, 0.3) is 0 Å². The topological polar surface area (TPSA) is 46.2 Å². The van der Waals surface area contributed by atoms with Crippen LogP contribution in [0, 0.1) is 5.92 Å². The van der Waals surface area contributed by atoms with E-state index >= 15 is 0 Å². The van der Waals surface area contributed by atoms with Gasteiger partial charge in [-0.3, -0.25) is 0 Å². The fourth-order valence-electron chi connectivity index (χ4n) is 2.28. The number of rotatable bonds is 3. The average Bonchev–Trinajstić information content (AvgIpc) is 2.09. The molecular weight excluding hydrogens is 198 g/mol. The first-order chi connectivity index (χ1) is 6.33. The highest BCUT2D eigenvalue weighted by Gasteiger charge is 2.14. The molecule has 0 aromatic carbocycles. The summed E-state index contributed by atoms with van der Waals surface area (Å²) in [6.45, 7) is 0.149. The van der Waals surface area contributed by atoms with Crippen molar-refractivity contribution in [3.63, 3.8) is 0 Å². The fourth-order valence-corrected chi connectivity index (χ4v) is 2.28. The predicted octanol–water partition coefficient (Wildman–Crippen LogP) is 2.48. The minimum Gasteiger partial charge on any atom is -0.395 e. The highest BCUT2D eigenvalue weighted by Crippen LogP contribution is 2.25. The molecule has 0 aromatic heterocycles. The normalized spacial score (nSPS) is 21.9. The van der Waals surface area contributed by atoms with Crippen LogP contribution in [0.4, 0.5) is 0 Å². The minimum atomic E-state index is 0. The van der Waals surface area contributed by atoms with Crippen molar-refractivity contribution < 1.29 is 5.11 Å². The van der Waals surface area contributed by atoms with E-state index in [4.69, 9.17) is 10.8 Å². The minimum absolute atomic E-state index is 0. The summed E-state index contributed by atoms with van der Waals surface area (Å²) in [5.41, 5.74) is 5.74. The Morgan fingerprint density at radius 2 is 1.57 bits per heavy atom. The second-order valence-electron chi connectivity index (χ2n) is 4.39. The van der Waals surface area contributed by atoms with Crippen molar-refractivity contribution in [3.05, 3.63) is 0 Å². The van der Waals surface area contributed by atoms with E-state index in [1.165, 1.54) is 44.9 Å². The Morgan fingerprint density at radius 3 is 2.07 bits per heavy atom. The number of aliphatic hydroxyl groups excluding tert-OH is 1. The molecule has 1 rings (SSSR count). The van der Waals surface area contributed by atoms with E-state index in [0.717, 1.165) is 12.3 Å². The summed E-state index contributed by atoms with van der Waals surface area (Å²) in [4.78, 5) is 0. The van der Waals surface area contributed by atoms with Crippen molar-refractivity contribution in [1.82, 2.24) is 0 Å². The first-order valence-electron chi connectivity index (χ1n) is 5.69. The Kier molecular flexibility index (Phi) is 8.64. The first-order valence-corrected chi connectivity index (χ1v) is 5.69. The molecule has 3 heteroatoms. The third kappa shape index (κ3) is 5.84. The predicted molar refractivity (Wildman–Crippen MR) is 62.7 cm³/mol. The van der Waals surface area contributed by atoms with Gasteiger partial charge in [-0.1, -0.05) is 44.9 Å². The molecule has 0 radical (unpaired) electrons. The molecule has 0 bridgehead atoms. The Balaban J connectivity index is 0.00000169. The van der Waals surface area contributed by atoms with E-state index in [2.05, 4.69) is 0 Å². The summed E-state index contributed by atoms with van der Waals surface area (Å²) in [6.07, 6.45) is 10.6. The van der Waals surface area contributed by atoms with Crippen molar-refractivity contribution >= 4 is 12.4 Å². The lowest BCUT2D eigenvalue weighted by Gasteiger charge is -2.21. The zero-order chi connectivity index (χ0) is 9.52. The van der Waals surface area contributed by atoms with Gasteiger partial charge in [-0.2, -0.15) is 0 Å². The van der Waals surface area contributed by atoms with Crippen LogP contribution >= 0.6 is 12.4 Å². The van der Waals surface area contributed by atoms with Gasteiger partial charge < -0.3 is 10.8 Å². The Hall–Kier alpha value is 0.210. The molecule has 0 heterocycles. The van der Waals surface area contributed by atoms with Gasteiger partial charge in [-0.05, 0) is 12.3 Å². The van der Waals surface area contributed by atoms with Crippen molar-refractivity contribution in [2.24, 2.45) is 11.7 Å². The summed E-state index contributed by atoms with van der Waals surface area (Å²) in [6, 6.07) is 0.0180. The lowest BCUT2D eigenvalue weighted by atomic mass is 9.87. The summed E-state index contributed by atoms with van der Waals surface area (Å²) < 4.78 is 0. The maximum absolute atomic E-state index is 8.87. The number of hydrogen-bond donors (Lipinski definition) is 2. The number of aliphatic hydroxyl groups is 1. The summed E-state index contributed by atoms with van der Waals surface area (Å²) in [7, 11) is 0. The Bertz CT molecular complexity index is 124. The molecule has 86 valence electrons. The molecule has 1 saturated carbocycles. The maximum Gasteiger partial charge on any atom is 0.0582 e. The van der Waals surface area contributed by atoms with Crippen LogP contribution in [0.3, 0.4) is 0 Å². The largest absolute Gasteiger partial charge is 0.395 e. The Morgan fingerprint density at radius 1 is 1.07 bits per heavy atom. The van der Waals surface area contributed by atoms with E-state index in [1.54, 1.807) is 0 Å². The third-order valence-corrected chi connectivity index (χ3v) is 3.10. The molecule has 1 aliphatic carbocycles. The molecule has 1 atom stereocenters. The molecule has 0 saturated heterocycles. The van der Waals surface area contributed by atoms with Gasteiger partial charge in [0.05, 0.1) is 6.61 Å². The van der Waals surface area contributed by atoms with E-state index in [9.17, 15) is 0 Å². The smallest absolute Gasteiger partial charge is 0.0582 e. The molecule has 1 unspecified atom stereocenters. The SMILES string of the molecule is Cl.NC(CO)CC1CCCCCCC1. The molecule has 0 spiro atoms. The average molecular weight is 222 g/mol. The first kappa shape index (κ1) is 14.2. The van der Waals surface area contributed by atoms with Crippen LogP contribution in [0.2, 0.25) is 0 Å². The summed E-state index contributed by atoms with van der Waals surface area (Å²) in [5, 5.41) is 8.87. The van der Waals surface area contributed by atoms with Crippen LogP contribution < -0.4 is 5.73 Å².